The fourth-order valence-corrected chi connectivity index (χ4v) is 0.739. The molecule has 2 nitrogen and oxygen atoms in total. The summed E-state index contributed by atoms with van der Waals surface area (Å²) in [5.41, 5.74) is 0. The molecule has 0 aliphatic carbocycles. The van der Waals surface area contributed by atoms with Crippen LogP contribution in [0.15, 0.2) is 0 Å². The van der Waals surface area contributed by atoms with Crippen LogP contribution in [0.1, 0.15) is 19.8 Å². The van der Waals surface area contributed by atoms with Crippen LogP contribution in [0.4, 0.5) is 0 Å². The van der Waals surface area contributed by atoms with Crippen molar-refractivity contribution in [3.05, 3.63) is 0 Å². The largest absolute Gasteiger partial charge is 0.388 e. The van der Waals surface area contributed by atoms with E-state index in [9.17, 15) is 0 Å². The van der Waals surface area contributed by atoms with Crippen LogP contribution in [-0.2, 0) is 9.47 Å². The smallest absolute Gasteiger partial charge is 0.0547 e. The van der Waals surface area contributed by atoms with E-state index < -0.39 is 0 Å². The summed E-state index contributed by atoms with van der Waals surface area (Å²) in [5, 5.41) is 0. The average molecular weight is 132 g/mol. The average Bonchev–Trinajstić information content (AvgIpc) is 2.20. The van der Waals surface area contributed by atoms with Crippen LogP contribution < -0.4 is 0 Å². The topological polar surface area (TPSA) is 18.5 Å². The highest BCUT2D eigenvalue weighted by Gasteiger charge is 2.07. The van der Waals surface area contributed by atoms with Crippen LogP contribution in [0.2, 0.25) is 0 Å². The molecular weight excluding hydrogens is 116 g/mol. The Morgan fingerprint density at radius 3 is 2.11 bits per heavy atom. The molecule has 0 aromatic rings. The minimum Gasteiger partial charge on any atom is -0.388 e. The van der Waals surface area contributed by atoms with Gasteiger partial charge in [0.25, 0.3) is 0 Å². The van der Waals surface area contributed by atoms with Gasteiger partial charge in [-0.25, -0.2) is 0 Å². The highest BCUT2D eigenvalue weighted by Crippen LogP contribution is 2.09. The molecule has 9 heavy (non-hydrogen) atoms. The van der Waals surface area contributed by atoms with E-state index in [1.165, 1.54) is 12.8 Å². The van der Waals surface area contributed by atoms with Crippen LogP contribution >= 0.6 is 0 Å². The van der Waals surface area contributed by atoms with Crippen molar-refractivity contribution in [2.75, 3.05) is 20.8 Å². The van der Waals surface area contributed by atoms with Crippen molar-refractivity contribution in [3.8, 4) is 0 Å². The Labute approximate surface area is 57.2 Å². The van der Waals surface area contributed by atoms with Crippen molar-refractivity contribution in [3.63, 3.8) is 0 Å². The maximum Gasteiger partial charge on any atom is 0.0547 e. The summed E-state index contributed by atoms with van der Waals surface area (Å²) >= 11 is 0. The molecule has 1 fully saturated rings. The highest BCUT2D eigenvalue weighted by atomic mass is 16.5. The quantitative estimate of drug-likeness (QED) is 0.496. The van der Waals surface area contributed by atoms with Gasteiger partial charge in [0, 0.05) is 20.8 Å². The van der Waals surface area contributed by atoms with E-state index in [2.05, 4.69) is 11.7 Å². The molecule has 0 amide bonds. The number of methoxy groups -OCH3 is 1. The van der Waals surface area contributed by atoms with Gasteiger partial charge in [0.2, 0.25) is 0 Å². The van der Waals surface area contributed by atoms with Gasteiger partial charge in [-0.05, 0) is 19.8 Å². The van der Waals surface area contributed by atoms with Crippen molar-refractivity contribution < 1.29 is 9.47 Å². The van der Waals surface area contributed by atoms with E-state index in [4.69, 9.17) is 4.74 Å². The van der Waals surface area contributed by atoms with Gasteiger partial charge in [-0.2, -0.15) is 0 Å². The molecule has 0 saturated carbocycles. The molecule has 2 heteroatoms. The minimum absolute atomic E-state index is 0.546. The molecule has 56 valence electrons. The Balaban J connectivity index is 0.000000187. The van der Waals surface area contributed by atoms with Crippen molar-refractivity contribution in [2.24, 2.45) is 0 Å². The Morgan fingerprint density at radius 2 is 2.00 bits per heavy atom. The third-order valence-electron chi connectivity index (χ3n) is 1.16. The second-order valence-corrected chi connectivity index (χ2v) is 2.23. The van der Waals surface area contributed by atoms with E-state index in [1.807, 2.05) is 0 Å². The minimum atomic E-state index is 0.546. The normalized spacial score (nSPS) is 25.0. The molecule has 1 rings (SSSR count). The second-order valence-electron chi connectivity index (χ2n) is 2.23. The highest BCUT2D eigenvalue weighted by molar-refractivity contribution is 4.56. The molecule has 1 aliphatic heterocycles. The molecular formula is C7H16O2. The molecule has 1 unspecified atom stereocenters. The van der Waals surface area contributed by atoms with Crippen LogP contribution in [0, 0.1) is 0 Å². The molecule has 0 N–H and O–H groups in total. The summed E-state index contributed by atoms with van der Waals surface area (Å²) in [6.45, 7) is 3.11. The summed E-state index contributed by atoms with van der Waals surface area (Å²) in [7, 11) is 3.25. The predicted molar refractivity (Wildman–Crippen MR) is 37.6 cm³/mol. The lowest BCUT2D eigenvalue weighted by atomic mass is 10.3. The Hall–Kier alpha value is -0.0800. The molecule has 0 bridgehead atoms. The van der Waals surface area contributed by atoms with E-state index >= 15 is 0 Å². The fourth-order valence-electron chi connectivity index (χ4n) is 0.739. The Morgan fingerprint density at radius 1 is 1.44 bits per heavy atom. The monoisotopic (exact) mass is 132 g/mol. The van der Waals surface area contributed by atoms with Gasteiger partial charge in [0.05, 0.1) is 6.10 Å². The molecule has 1 heterocycles. The van der Waals surface area contributed by atoms with Gasteiger partial charge in [0.15, 0.2) is 0 Å². The molecule has 1 atom stereocenters. The maximum absolute atomic E-state index is 5.15. The summed E-state index contributed by atoms with van der Waals surface area (Å²) < 4.78 is 9.40. The fraction of sp³-hybridized carbons (Fsp3) is 1.00. The predicted octanol–water partition coefficient (Wildman–Crippen LogP) is 1.45. The summed E-state index contributed by atoms with van der Waals surface area (Å²) in [5.74, 6) is 0. The van der Waals surface area contributed by atoms with Crippen LogP contribution in [0.25, 0.3) is 0 Å². The zero-order chi connectivity index (χ0) is 7.11. The SMILES string of the molecule is CC1CCCO1.COC. The van der Waals surface area contributed by atoms with Crippen LogP contribution in [0.5, 0.6) is 0 Å². The van der Waals surface area contributed by atoms with Crippen molar-refractivity contribution >= 4 is 0 Å². The van der Waals surface area contributed by atoms with Crippen molar-refractivity contribution in [1.29, 1.82) is 0 Å². The number of ether oxygens (including phenoxy) is 2. The molecule has 0 aromatic heterocycles. The van der Waals surface area contributed by atoms with Gasteiger partial charge in [-0.15, -0.1) is 0 Å². The van der Waals surface area contributed by atoms with Crippen molar-refractivity contribution in [1.82, 2.24) is 0 Å². The zero-order valence-electron chi connectivity index (χ0n) is 6.52. The first-order valence-electron chi connectivity index (χ1n) is 3.33. The molecule has 1 saturated heterocycles. The zero-order valence-corrected chi connectivity index (χ0v) is 6.52. The molecule has 1 aliphatic rings. The van der Waals surface area contributed by atoms with E-state index in [-0.39, 0.29) is 0 Å². The van der Waals surface area contributed by atoms with E-state index in [1.54, 1.807) is 14.2 Å². The lowest BCUT2D eigenvalue weighted by Crippen LogP contribution is -1.94. The first-order chi connectivity index (χ1) is 4.31. The standard InChI is InChI=1S/C5H10O.C2H6O/c1-5-3-2-4-6-5;1-3-2/h5H,2-4H2,1H3;1-2H3. The Bertz CT molecular complexity index is 48.9. The van der Waals surface area contributed by atoms with Gasteiger partial charge in [-0.3, -0.25) is 0 Å². The third kappa shape index (κ3) is 5.80. The van der Waals surface area contributed by atoms with Gasteiger partial charge in [-0.1, -0.05) is 0 Å². The first-order valence-corrected chi connectivity index (χ1v) is 3.33. The summed E-state index contributed by atoms with van der Waals surface area (Å²) in [6.07, 6.45) is 3.08. The van der Waals surface area contributed by atoms with Gasteiger partial charge < -0.3 is 9.47 Å². The van der Waals surface area contributed by atoms with Crippen LogP contribution in [0.3, 0.4) is 0 Å². The maximum atomic E-state index is 5.15. The lowest BCUT2D eigenvalue weighted by molar-refractivity contribution is 0.125. The number of rotatable bonds is 0. The summed E-state index contributed by atoms with van der Waals surface area (Å²) in [6, 6.07) is 0. The van der Waals surface area contributed by atoms with Crippen molar-refractivity contribution in [2.45, 2.75) is 25.9 Å². The van der Waals surface area contributed by atoms with E-state index in [0.29, 0.717) is 6.10 Å². The van der Waals surface area contributed by atoms with Gasteiger partial charge >= 0.3 is 0 Å². The molecule has 0 radical (unpaired) electrons. The number of hydrogen-bond acceptors (Lipinski definition) is 2. The third-order valence-corrected chi connectivity index (χ3v) is 1.16. The molecule has 0 spiro atoms. The second kappa shape index (κ2) is 6.05. The summed E-state index contributed by atoms with van der Waals surface area (Å²) in [4.78, 5) is 0. The first kappa shape index (κ1) is 8.92. The van der Waals surface area contributed by atoms with Crippen LogP contribution in [-0.4, -0.2) is 26.9 Å². The Kier molecular flexibility index (Phi) is 5.99. The molecule has 0 aromatic carbocycles. The van der Waals surface area contributed by atoms with Gasteiger partial charge in [0.1, 0.15) is 0 Å². The number of hydrogen-bond donors (Lipinski definition) is 0. The van der Waals surface area contributed by atoms with E-state index in [0.717, 1.165) is 6.61 Å². The lowest BCUT2D eigenvalue weighted by Gasteiger charge is -1.94.